The van der Waals surface area contributed by atoms with Crippen LogP contribution in [0, 0.1) is 6.92 Å². The van der Waals surface area contributed by atoms with E-state index in [4.69, 9.17) is 0 Å². The molecule has 1 aliphatic heterocycles. The fourth-order valence-corrected chi connectivity index (χ4v) is 1.76. The number of benzene rings is 1. The molecule has 0 aromatic heterocycles. The lowest BCUT2D eigenvalue weighted by Crippen LogP contribution is -2.28. The van der Waals surface area contributed by atoms with Crippen molar-refractivity contribution >= 4 is 17.5 Å². The Morgan fingerprint density at radius 2 is 1.94 bits per heavy atom. The Labute approximate surface area is 99.9 Å². The van der Waals surface area contributed by atoms with Gasteiger partial charge in [-0.05, 0) is 19.1 Å². The van der Waals surface area contributed by atoms with Crippen molar-refractivity contribution < 1.29 is 9.59 Å². The van der Waals surface area contributed by atoms with Crippen molar-refractivity contribution in [1.29, 1.82) is 0 Å². The first-order chi connectivity index (χ1) is 8.11. The average Bonchev–Trinajstić information content (AvgIpc) is 2.71. The summed E-state index contributed by atoms with van der Waals surface area (Å²) in [5, 5.41) is 2.52. The molecule has 88 valence electrons. The molecule has 0 saturated heterocycles. The maximum atomic E-state index is 11.8. The molecule has 1 aromatic rings. The van der Waals surface area contributed by atoms with Gasteiger partial charge in [0.15, 0.2) is 0 Å². The van der Waals surface area contributed by atoms with Crippen LogP contribution in [-0.4, -0.2) is 25.4 Å². The Morgan fingerprint density at radius 3 is 2.53 bits per heavy atom. The van der Waals surface area contributed by atoms with Crippen molar-refractivity contribution in [3.05, 3.63) is 41.5 Å². The maximum absolute atomic E-state index is 11.8. The quantitative estimate of drug-likeness (QED) is 0.824. The van der Waals surface area contributed by atoms with Crippen molar-refractivity contribution in [2.45, 2.75) is 6.92 Å². The van der Waals surface area contributed by atoms with Crippen LogP contribution in [0.5, 0.6) is 0 Å². The molecule has 2 amide bonds. The minimum absolute atomic E-state index is 0.146. The third-order valence-electron chi connectivity index (χ3n) is 2.76. The monoisotopic (exact) mass is 230 g/mol. The SMILES string of the molecule is CNC(=O)C1=CC(=O)N(c2ccc(C)cc2)C1. The second-order valence-corrected chi connectivity index (χ2v) is 4.01. The van der Waals surface area contributed by atoms with Crippen LogP contribution < -0.4 is 10.2 Å². The number of nitrogens with zero attached hydrogens (tertiary/aromatic N) is 1. The molecular formula is C13H14N2O2. The molecule has 0 atom stereocenters. The highest BCUT2D eigenvalue weighted by molar-refractivity contribution is 6.12. The molecule has 4 nitrogen and oxygen atoms in total. The molecule has 1 heterocycles. The highest BCUT2D eigenvalue weighted by Crippen LogP contribution is 2.21. The van der Waals surface area contributed by atoms with Crippen molar-refractivity contribution in [1.82, 2.24) is 5.32 Å². The molecule has 0 spiro atoms. The topological polar surface area (TPSA) is 49.4 Å². The molecule has 1 aromatic carbocycles. The second-order valence-electron chi connectivity index (χ2n) is 4.01. The third-order valence-corrected chi connectivity index (χ3v) is 2.76. The summed E-state index contributed by atoms with van der Waals surface area (Å²) < 4.78 is 0. The van der Waals surface area contributed by atoms with Gasteiger partial charge in [0.1, 0.15) is 0 Å². The summed E-state index contributed by atoms with van der Waals surface area (Å²) in [7, 11) is 1.56. The number of likely N-dealkylation sites (N-methyl/N-ethyl adjacent to an activating group) is 1. The van der Waals surface area contributed by atoms with Crippen LogP contribution in [0.3, 0.4) is 0 Å². The molecule has 17 heavy (non-hydrogen) atoms. The summed E-state index contributed by atoms with van der Waals surface area (Å²) in [6.07, 6.45) is 1.39. The molecule has 0 saturated carbocycles. The number of anilines is 1. The predicted molar refractivity (Wildman–Crippen MR) is 65.7 cm³/mol. The number of carbonyl (C=O) groups is 2. The molecule has 0 aliphatic carbocycles. The van der Waals surface area contributed by atoms with E-state index in [1.165, 1.54) is 6.08 Å². The lowest BCUT2D eigenvalue weighted by Gasteiger charge is -2.16. The third kappa shape index (κ3) is 2.20. The van der Waals surface area contributed by atoms with Crippen molar-refractivity contribution in [2.75, 3.05) is 18.5 Å². The summed E-state index contributed by atoms with van der Waals surface area (Å²) in [5.41, 5.74) is 2.45. The van der Waals surface area contributed by atoms with Crippen LogP contribution in [0.25, 0.3) is 0 Å². The second kappa shape index (κ2) is 4.41. The molecule has 1 N–H and O–H groups in total. The van der Waals surface area contributed by atoms with Crippen molar-refractivity contribution in [2.24, 2.45) is 0 Å². The number of aryl methyl sites for hydroxylation is 1. The number of rotatable bonds is 2. The molecular weight excluding hydrogens is 216 g/mol. The van der Waals surface area contributed by atoms with Gasteiger partial charge in [0.05, 0.1) is 6.54 Å². The van der Waals surface area contributed by atoms with E-state index in [1.807, 2.05) is 31.2 Å². The fourth-order valence-electron chi connectivity index (χ4n) is 1.76. The van der Waals surface area contributed by atoms with Crippen LogP contribution in [0.1, 0.15) is 5.56 Å². The summed E-state index contributed by atoms with van der Waals surface area (Å²) in [4.78, 5) is 24.8. The smallest absolute Gasteiger partial charge is 0.251 e. The van der Waals surface area contributed by atoms with Crippen molar-refractivity contribution in [3.63, 3.8) is 0 Å². The first-order valence-corrected chi connectivity index (χ1v) is 5.42. The van der Waals surface area contributed by atoms with E-state index in [9.17, 15) is 9.59 Å². The standard InChI is InChI=1S/C13H14N2O2/c1-9-3-5-11(6-4-9)15-8-10(7-12(15)16)13(17)14-2/h3-7H,8H2,1-2H3,(H,14,17). The van der Waals surface area contributed by atoms with Gasteiger partial charge in [-0.3, -0.25) is 9.59 Å². The summed E-state index contributed by atoms with van der Waals surface area (Å²) in [5.74, 6) is -0.347. The van der Waals surface area contributed by atoms with Crippen LogP contribution in [0.2, 0.25) is 0 Å². The van der Waals surface area contributed by atoms with Gasteiger partial charge < -0.3 is 10.2 Å². The molecule has 1 aliphatic rings. The van der Waals surface area contributed by atoms with Gasteiger partial charge in [-0.25, -0.2) is 0 Å². The molecule has 0 fully saturated rings. The number of hydrogen-bond donors (Lipinski definition) is 1. The van der Waals surface area contributed by atoms with Gasteiger partial charge in [-0.2, -0.15) is 0 Å². The molecule has 2 rings (SSSR count). The Bertz CT molecular complexity index is 489. The zero-order valence-corrected chi connectivity index (χ0v) is 9.86. The zero-order chi connectivity index (χ0) is 12.4. The zero-order valence-electron chi connectivity index (χ0n) is 9.86. The number of carbonyl (C=O) groups excluding carboxylic acids is 2. The summed E-state index contributed by atoms with van der Waals surface area (Å²) >= 11 is 0. The Kier molecular flexibility index (Phi) is 2.95. The predicted octanol–water partition coefficient (Wildman–Crippen LogP) is 1.01. The maximum Gasteiger partial charge on any atom is 0.251 e. The first kappa shape index (κ1) is 11.4. The fraction of sp³-hybridized carbons (Fsp3) is 0.231. The van der Waals surface area contributed by atoms with E-state index >= 15 is 0 Å². The van der Waals surface area contributed by atoms with Crippen LogP contribution in [0.4, 0.5) is 5.69 Å². The van der Waals surface area contributed by atoms with Crippen LogP contribution >= 0.6 is 0 Å². The van der Waals surface area contributed by atoms with Crippen molar-refractivity contribution in [3.8, 4) is 0 Å². The van der Waals surface area contributed by atoms with E-state index in [0.717, 1.165) is 11.3 Å². The Hall–Kier alpha value is -2.10. The summed E-state index contributed by atoms with van der Waals surface area (Å²) in [6.45, 7) is 2.32. The van der Waals surface area contributed by atoms with Gasteiger partial charge in [-0.15, -0.1) is 0 Å². The van der Waals surface area contributed by atoms with Crippen LogP contribution in [0.15, 0.2) is 35.9 Å². The molecule has 4 heteroatoms. The molecule has 0 radical (unpaired) electrons. The first-order valence-electron chi connectivity index (χ1n) is 5.42. The average molecular weight is 230 g/mol. The van der Waals surface area contributed by atoms with Gasteiger partial charge in [0.2, 0.25) is 5.91 Å². The van der Waals surface area contributed by atoms with Gasteiger partial charge in [0.25, 0.3) is 5.91 Å². The van der Waals surface area contributed by atoms with E-state index in [-0.39, 0.29) is 11.8 Å². The van der Waals surface area contributed by atoms with E-state index < -0.39 is 0 Å². The highest BCUT2D eigenvalue weighted by Gasteiger charge is 2.25. The number of amides is 2. The van der Waals surface area contributed by atoms with Gasteiger partial charge in [0, 0.05) is 24.4 Å². The highest BCUT2D eigenvalue weighted by atomic mass is 16.2. The molecule has 0 unspecified atom stereocenters. The van der Waals surface area contributed by atoms with Gasteiger partial charge >= 0.3 is 0 Å². The minimum Gasteiger partial charge on any atom is -0.355 e. The van der Waals surface area contributed by atoms with Crippen LogP contribution in [-0.2, 0) is 9.59 Å². The molecule has 0 bridgehead atoms. The minimum atomic E-state index is -0.201. The Morgan fingerprint density at radius 1 is 1.29 bits per heavy atom. The summed E-state index contributed by atoms with van der Waals surface area (Å²) in [6, 6.07) is 7.66. The van der Waals surface area contributed by atoms with E-state index in [1.54, 1.807) is 11.9 Å². The van der Waals surface area contributed by atoms with E-state index in [0.29, 0.717) is 12.1 Å². The normalized spacial score (nSPS) is 14.8. The lowest BCUT2D eigenvalue weighted by molar-refractivity contribution is -0.117. The largest absolute Gasteiger partial charge is 0.355 e. The Balaban J connectivity index is 2.19. The van der Waals surface area contributed by atoms with Gasteiger partial charge in [-0.1, -0.05) is 17.7 Å². The van der Waals surface area contributed by atoms with E-state index in [2.05, 4.69) is 5.32 Å². The lowest BCUT2D eigenvalue weighted by atomic mass is 10.2. The number of hydrogen-bond acceptors (Lipinski definition) is 2. The number of nitrogens with one attached hydrogen (secondary N) is 1.